The number of hydrogen-bond acceptors (Lipinski definition) is 4. The van der Waals surface area contributed by atoms with Crippen molar-refractivity contribution >= 4 is 21.9 Å². The first kappa shape index (κ1) is 15.3. The Hall–Kier alpha value is -1.67. The molecule has 7 nitrogen and oxygen atoms in total. The molecule has 0 spiro atoms. The SMILES string of the molecule is C=C(C=CC(N)=O)C(=O)NC(CC)S(=O)(=O)O. The summed E-state index contributed by atoms with van der Waals surface area (Å²) in [6.45, 7) is 4.79. The Morgan fingerprint density at radius 3 is 2.35 bits per heavy atom. The minimum absolute atomic E-state index is 0.00259. The average Bonchev–Trinajstić information content (AvgIpc) is 2.20. The van der Waals surface area contributed by atoms with E-state index in [1.54, 1.807) is 0 Å². The smallest absolute Gasteiger partial charge is 0.286 e. The van der Waals surface area contributed by atoms with Gasteiger partial charge >= 0.3 is 0 Å². The van der Waals surface area contributed by atoms with Crippen LogP contribution in [0.2, 0.25) is 0 Å². The van der Waals surface area contributed by atoms with Crippen molar-refractivity contribution in [1.29, 1.82) is 0 Å². The number of primary amides is 1. The number of nitrogens with two attached hydrogens (primary N) is 1. The van der Waals surface area contributed by atoms with Crippen LogP contribution in [0.25, 0.3) is 0 Å². The number of nitrogens with one attached hydrogen (secondary N) is 1. The van der Waals surface area contributed by atoms with E-state index in [0.717, 1.165) is 12.2 Å². The van der Waals surface area contributed by atoms with Gasteiger partial charge in [-0.05, 0) is 12.5 Å². The third kappa shape index (κ3) is 5.83. The molecular weight excluding hydrogens is 248 g/mol. The first-order valence-electron chi connectivity index (χ1n) is 4.62. The number of rotatable bonds is 6. The molecule has 1 atom stereocenters. The number of carbonyl (C=O) groups is 2. The molecule has 0 bridgehead atoms. The monoisotopic (exact) mass is 262 g/mol. The zero-order valence-corrected chi connectivity index (χ0v) is 10.0. The Labute approximate surface area is 99.1 Å². The summed E-state index contributed by atoms with van der Waals surface area (Å²) < 4.78 is 30.4. The van der Waals surface area contributed by atoms with Crippen LogP contribution in [0.3, 0.4) is 0 Å². The molecule has 0 aromatic rings. The second kappa shape index (κ2) is 6.16. The Morgan fingerprint density at radius 2 is 2.00 bits per heavy atom. The second-order valence-electron chi connectivity index (χ2n) is 3.15. The molecule has 0 fully saturated rings. The van der Waals surface area contributed by atoms with Gasteiger partial charge in [0.05, 0.1) is 0 Å². The van der Waals surface area contributed by atoms with Gasteiger partial charge in [-0.25, -0.2) is 0 Å². The lowest BCUT2D eigenvalue weighted by atomic mass is 10.2. The summed E-state index contributed by atoms with van der Waals surface area (Å²) in [6.07, 6.45) is 1.96. The molecule has 4 N–H and O–H groups in total. The second-order valence-corrected chi connectivity index (χ2v) is 4.75. The molecule has 96 valence electrons. The molecule has 8 heteroatoms. The zero-order valence-electron chi connectivity index (χ0n) is 9.21. The molecule has 0 aliphatic carbocycles. The van der Waals surface area contributed by atoms with Crippen molar-refractivity contribution in [3.05, 3.63) is 24.3 Å². The van der Waals surface area contributed by atoms with Crippen LogP contribution in [0.1, 0.15) is 13.3 Å². The van der Waals surface area contributed by atoms with Crippen molar-refractivity contribution in [3.8, 4) is 0 Å². The van der Waals surface area contributed by atoms with Crippen molar-refractivity contribution in [2.75, 3.05) is 0 Å². The highest BCUT2D eigenvalue weighted by molar-refractivity contribution is 7.86. The number of amides is 2. The molecule has 1 unspecified atom stereocenters. The number of carbonyl (C=O) groups excluding carboxylic acids is 2. The maximum absolute atomic E-state index is 11.4. The van der Waals surface area contributed by atoms with Crippen molar-refractivity contribution < 1.29 is 22.6 Å². The van der Waals surface area contributed by atoms with Gasteiger partial charge in [0.2, 0.25) is 5.91 Å². The lowest BCUT2D eigenvalue weighted by molar-refractivity contribution is -0.117. The fourth-order valence-electron chi connectivity index (χ4n) is 0.884. The van der Waals surface area contributed by atoms with Crippen LogP contribution < -0.4 is 11.1 Å². The molecule has 0 rings (SSSR count). The lowest BCUT2D eigenvalue weighted by Crippen LogP contribution is -2.40. The van der Waals surface area contributed by atoms with Crippen LogP contribution in [-0.2, 0) is 19.7 Å². The molecule has 0 aromatic heterocycles. The summed E-state index contributed by atoms with van der Waals surface area (Å²) in [6, 6.07) is 0. The Morgan fingerprint density at radius 1 is 1.47 bits per heavy atom. The van der Waals surface area contributed by atoms with Crippen LogP contribution in [0, 0.1) is 0 Å². The van der Waals surface area contributed by atoms with Crippen LogP contribution in [0.15, 0.2) is 24.3 Å². The van der Waals surface area contributed by atoms with Gasteiger partial charge in [0, 0.05) is 11.6 Å². The van der Waals surface area contributed by atoms with Crippen molar-refractivity contribution in [2.24, 2.45) is 5.73 Å². The van der Waals surface area contributed by atoms with E-state index in [9.17, 15) is 18.0 Å². The van der Waals surface area contributed by atoms with Crippen molar-refractivity contribution in [2.45, 2.75) is 18.7 Å². The summed E-state index contributed by atoms with van der Waals surface area (Å²) >= 11 is 0. The topological polar surface area (TPSA) is 127 Å². The normalized spacial score (nSPS) is 13.3. The standard InChI is InChI=1S/C9H14N2O5S/c1-3-8(17(14,15)16)11-9(13)6(2)4-5-7(10)12/h4-5,8H,2-3H2,1H3,(H2,10,12)(H,11,13)(H,14,15,16). The van der Waals surface area contributed by atoms with Gasteiger partial charge in [-0.1, -0.05) is 13.5 Å². The maximum atomic E-state index is 11.4. The first-order chi connectivity index (χ1) is 7.68. The summed E-state index contributed by atoms with van der Waals surface area (Å²) in [5, 5.41) is 0.642. The number of hydrogen-bond donors (Lipinski definition) is 3. The third-order valence-electron chi connectivity index (χ3n) is 1.76. The van der Waals surface area contributed by atoms with Gasteiger partial charge in [0.25, 0.3) is 16.0 Å². The van der Waals surface area contributed by atoms with Gasteiger partial charge < -0.3 is 11.1 Å². The molecule has 0 radical (unpaired) electrons. The minimum Gasteiger partial charge on any atom is -0.366 e. The summed E-state index contributed by atoms with van der Waals surface area (Å²) in [5.74, 6) is -1.58. The summed E-state index contributed by atoms with van der Waals surface area (Å²) in [4.78, 5) is 21.8. The molecule has 0 aliphatic heterocycles. The van der Waals surface area contributed by atoms with Gasteiger partial charge in [-0.3, -0.25) is 14.1 Å². The molecule has 17 heavy (non-hydrogen) atoms. The van der Waals surface area contributed by atoms with Gasteiger partial charge in [-0.2, -0.15) is 8.42 Å². The van der Waals surface area contributed by atoms with Crippen molar-refractivity contribution in [1.82, 2.24) is 5.32 Å². The molecule has 0 saturated carbocycles. The molecular formula is C9H14N2O5S. The van der Waals surface area contributed by atoms with Crippen LogP contribution in [-0.4, -0.2) is 30.2 Å². The highest BCUT2D eigenvalue weighted by Gasteiger charge is 2.23. The summed E-state index contributed by atoms with van der Waals surface area (Å²) in [5.41, 5.74) is 4.66. The van der Waals surface area contributed by atoms with E-state index in [0.29, 0.717) is 0 Å². The Kier molecular flexibility index (Phi) is 5.56. The lowest BCUT2D eigenvalue weighted by Gasteiger charge is -2.13. The third-order valence-corrected chi connectivity index (χ3v) is 2.93. The molecule has 0 heterocycles. The summed E-state index contributed by atoms with van der Waals surface area (Å²) in [7, 11) is -4.36. The molecule has 0 aliphatic rings. The molecule has 2 amide bonds. The van der Waals surface area contributed by atoms with Gasteiger partial charge in [0.1, 0.15) is 0 Å². The first-order valence-corrected chi connectivity index (χ1v) is 6.12. The van der Waals surface area contributed by atoms with Crippen LogP contribution in [0.4, 0.5) is 0 Å². The van der Waals surface area contributed by atoms with E-state index in [4.69, 9.17) is 10.3 Å². The van der Waals surface area contributed by atoms with E-state index in [1.165, 1.54) is 6.92 Å². The highest BCUT2D eigenvalue weighted by Crippen LogP contribution is 2.02. The zero-order chi connectivity index (χ0) is 13.6. The van der Waals surface area contributed by atoms with Crippen LogP contribution in [0.5, 0.6) is 0 Å². The predicted molar refractivity (Wildman–Crippen MR) is 61.2 cm³/mol. The highest BCUT2D eigenvalue weighted by atomic mass is 32.2. The predicted octanol–water partition coefficient (Wildman–Crippen LogP) is -0.676. The van der Waals surface area contributed by atoms with Gasteiger partial charge in [-0.15, -0.1) is 0 Å². The van der Waals surface area contributed by atoms with E-state index >= 15 is 0 Å². The van der Waals surface area contributed by atoms with E-state index in [-0.39, 0.29) is 12.0 Å². The fraction of sp³-hybridized carbons (Fsp3) is 0.333. The molecule has 0 saturated heterocycles. The van der Waals surface area contributed by atoms with Crippen molar-refractivity contribution in [3.63, 3.8) is 0 Å². The van der Waals surface area contributed by atoms with Crippen LogP contribution >= 0.6 is 0 Å². The molecule has 0 aromatic carbocycles. The minimum atomic E-state index is -4.36. The van der Waals surface area contributed by atoms with E-state index in [1.807, 2.05) is 0 Å². The average molecular weight is 262 g/mol. The van der Waals surface area contributed by atoms with E-state index < -0.39 is 27.3 Å². The largest absolute Gasteiger partial charge is 0.366 e. The van der Waals surface area contributed by atoms with Gasteiger partial charge in [0.15, 0.2) is 5.37 Å². The quantitative estimate of drug-likeness (QED) is 0.332. The van der Waals surface area contributed by atoms with E-state index in [2.05, 4.69) is 11.9 Å². The maximum Gasteiger partial charge on any atom is 0.286 e. The Balaban J connectivity index is 4.65. The fourth-order valence-corrected chi connectivity index (χ4v) is 1.56. The Bertz CT molecular complexity index is 452.